The van der Waals surface area contributed by atoms with E-state index in [1.807, 2.05) is 4.90 Å². The predicted molar refractivity (Wildman–Crippen MR) is 84.1 cm³/mol. The monoisotopic (exact) mass is 328 g/mol. The Balaban J connectivity index is 2.13. The quantitative estimate of drug-likeness (QED) is 0.864. The number of hydrogen-bond acceptors (Lipinski definition) is 3. The third-order valence-electron chi connectivity index (χ3n) is 3.74. The highest BCUT2D eigenvalue weighted by Crippen LogP contribution is 2.23. The summed E-state index contributed by atoms with van der Waals surface area (Å²) in [7, 11) is 1.62. The van der Waals surface area contributed by atoms with Crippen LogP contribution in [0.5, 0.6) is 0 Å². The molecule has 2 rings (SSSR count). The van der Waals surface area contributed by atoms with Crippen molar-refractivity contribution in [3.63, 3.8) is 0 Å². The van der Waals surface area contributed by atoms with Gasteiger partial charge in [-0.2, -0.15) is 0 Å². The molecule has 4 nitrogen and oxygen atoms in total. The van der Waals surface area contributed by atoms with Gasteiger partial charge in [-0.25, -0.2) is 0 Å². The van der Waals surface area contributed by atoms with E-state index in [4.69, 9.17) is 23.2 Å². The lowest BCUT2D eigenvalue weighted by Gasteiger charge is -2.33. The van der Waals surface area contributed by atoms with Crippen molar-refractivity contribution in [3.05, 3.63) is 33.8 Å². The van der Waals surface area contributed by atoms with Crippen LogP contribution in [0, 0.1) is 0 Å². The number of rotatable bonds is 4. The number of halogens is 2. The van der Waals surface area contributed by atoms with E-state index < -0.39 is 0 Å². The summed E-state index contributed by atoms with van der Waals surface area (Å²) in [6.07, 6.45) is 2.76. The minimum atomic E-state index is -0.245. The first-order chi connectivity index (χ1) is 10.0. The molecule has 1 amide bonds. The van der Waals surface area contributed by atoms with Crippen LogP contribution in [-0.4, -0.2) is 42.8 Å². The molecule has 1 atom stereocenters. The van der Waals surface area contributed by atoms with Gasteiger partial charge in [0.25, 0.3) is 0 Å². The second-order valence-corrected chi connectivity index (χ2v) is 5.99. The van der Waals surface area contributed by atoms with Crippen LogP contribution in [0.25, 0.3) is 0 Å². The van der Waals surface area contributed by atoms with Crippen LogP contribution in [0.4, 0.5) is 0 Å². The largest absolute Gasteiger partial charge is 0.358 e. The van der Waals surface area contributed by atoms with Gasteiger partial charge in [-0.1, -0.05) is 29.6 Å². The number of piperidine rings is 1. The Hall–Kier alpha value is -1.10. The summed E-state index contributed by atoms with van der Waals surface area (Å²) in [5, 5.41) is 3.52. The number of ketones is 1. The van der Waals surface area contributed by atoms with Gasteiger partial charge >= 0.3 is 0 Å². The first kappa shape index (κ1) is 16.3. The molecule has 1 aliphatic rings. The van der Waals surface area contributed by atoms with Gasteiger partial charge in [0.2, 0.25) is 5.91 Å². The van der Waals surface area contributed by atoms with Crippen LogP contribution in [0.2, 0.25) is 10.0 Å². The number of carbonyl (C=O) groups is 2. The molecule has 0 spiro atoms. The number of nitrogens with zero attached hydrogens (tertiary/aromatic N) is 1. The standard InChI is InChI=1S/C15H18Cl2N2O2/c1-18-15(21)13-4-2-3-7-19(13)9-14(20)11-8-10(16)5-6-12(11)17/h5-6,8,13H,2-4,7,9H2,1H3,(H,18,21). The first-order valence-corrected chi connectivity index (χ1v) is 7.72. The highest BCUT2D eigenvalue weighted by Gasteiger charge is 2.29. The van der Waals surface area contributed by atoms with Crippen molar-refractivity contribution in [2.45, 2.75) is 25.3 Å². The number of Topliss-reactive ketones (excluding diaryl/α,β-unsaturated/α-hetero) is 1. The topological polar surface area (TPSA) is 49.4 Å². The van der Waals surface area contributed by atoms with E-state index in [9.17, 15) is 9.59 Å². The Kier molecular flexibility index (Phi) is 5.62. The maximum atomic E-state index is 12.4. The normalized spacial score (nSPS) is 19.3. The lowest BCUT2D eigenvalue weighted by Crippen LogP contribution is -2.50. The molecule has 114 valence electrons. The zero-order valence-electron chi connectivity index (χ0n) is 11.9. The number of hydrogen-bond donors (Lipinski definition) is 1. The molecule has 1 fully saturated rings. The highest BCUT2D eigenvalue weighted by atomic mass is 35.5. The molecule has 1 unspecified atom stereocenters. The Labute approximate surface area is 134 Å². The van der Waals surface area contributed by atoms with Crippen LogP contribution < -0.4 is 5.32 Å². The molecular formula is C15H18Cl2N2O2. The van der Waals surface area contributed by atoms with E-state index in [2.05, 4.69) is 5.32 Å². The van der Waals surface area contributed by atoms with Gasteiger partial charge in [0.15, 0.2) is 5.78 Å². The molecular weight excluding hydrogens is 311 g/mol. The summed E-state index contributed by atoms with van der Waals surface area (Å²) < 4.78 is 0. The Morgan fingerprint density at radius 3 is 2.81 bits per heavy atom. The summed E-state index contributed by atoms with van der Waals surface area (Å²) in [5.41, 5.74) is 0.408. The lowest BCUT2D eigenvalue weighted by molar-refractivity contribution is -0.126. The van der Waals surface area contributed by atoms with Crippen molar-refractivity contribution in [3.8, 4) is 0 Å². The van der Waals surface area contributed by atoms with Gasteiger partial charge < -0.3 is 5.32 Å². The Morgan fingerprint density at radius 1 is 1.33 bits per heavy atom. The molecule has 1 aromatic rings. The van der Waals surface area contributed by atoms with Crippen LogP contribution in [0.1, 0.15) is 29.6 Å². The maximum Gasteiger partial charge on any atom is 0.237 e. The zero-order chi connectivity index (χ0) is 15.4. The van der Waals surface area contributed by atoms with Gasteiger partial charge in [-0.3, -0.25) is 14.5 Å². The number of nitrogens with one attached hydrogen (secondary N) is 1. The summed E-state index contributed by atoms with van der Waals surface area (Å²) in [6.45, 7) is 0.917. The molecule has 1 heterocycles. The molecule has 0 saturated carbocycles. The average molecular weight is 329 g/mol. The molecule has 0 aromatic heterocycles. The highest BCUT2D eigenvalue weighted by molar-refractivity contribution is 6.36. The third-order valence-corrected chi connectivity index (χ3v) is 4.30. The minimum Gasteiger partial charge on any atom is -0.358 e. The summed E-state index contributed by atoms with van der Waals surface area (Å²) in [4.78, 5) is 26.2. The maximum absolute atomic E-state index is 12.4. The van der Waals surface area contributed by atoms with Crippen molar-refractivity contribution in [1.29, 1.82) is 0 Å². The third kappa shape index (κ3) is 3.96. The molecule has 0 radical (unpaired) electrons. The fourth-order valence-corrected chi connectivity index (χ4v) is 3.02. The van der Waals surface area contributed by atoms with E-state index in [-0.39, 0.29) is 24.3 Å². The SMILES string of the molecule is CNC(=O)C1CCCCN1CC(=O)c1cc(Cl)ccc1Cl. The average Bonchev–Trinajstić information content (AvgIpc) is 2.49. The number of likely N-dealkylation sites (N-methyl/N-ethyl adjacent to an activating group) is 1. The van der Waals surface area contributed by atoms with Crippen molar-refractivity contribution in [2.24, 2.45) is 0 Å². The molecule has 1 aromatic carbocycles. The summed E-state index contributed by atoms with van der Waals surface area (Å²) in [5.74, 6) is -0.155. The predicted octanol–water partition coefficient (Wildman–Crippen LogP) is 2.78. The first-order valence-electron chi connectivity index (χ1n) is 6.97. The van der Waals surface area contributed by atoms with Crippen LogP contribution in [0.3, 0.4) is 0 Å². The van der Waals surface area contributed by atoms with E-state index in [0.29, 0.717) is 15.6 Å². The smallest absolute Gasteiger partial charge is 0.237 e. The lowest BCUT2D eigenvalue weighted by atomic mass is 10.00. The van der Waals surface area contributed by atoms with E-state index in [1.54, 1.807) is 25.2 Å². The Bertz CT molecular complexity index is 548. The van der Waals surface area contributed by atoms with Crippen LogP contribution >= 0.6 is 23.2 Å². The summed E-state index contributed by atoms with van der Waals surface area (Å²) >= 11 is 12.0. The molecule has 6 heteroatoms. The number of carbonyl (C=O) groups excluding carboxylic acids is 2. The summed E-state index contributed by atoms with van der Waals surface area (Å²) in [6, 6.07) is 4.59. The van der Waals surface area contributed by atoms with Crippen molar-refractivity contribution in [1.82, 2.24) is 10.2 Å². The van der Waals surface area contributed by atoms with E-state index >= 15 is 0 Å². The number of amides is 1. The molecule has 0 aliphatic carbocycles. The molecule has 1 saturated heterocycles. The van der Waals surface area contributed by atoms with Gasteiger partial charge in [-0.05, 0) is 37.6 Å². The zero-order valence-corrected chi connectivity index (χ0v) is 13.4. The van der Waals surface area contributed by atoms with E-state index in [0.717, 1.165) is 25.8 Å². The fourth-order valence-electron chi connectivity index (χ4n) is 2.62. The molecule has 21 heavy (non-hydrogen) atoms. The molecule has 1 aliphatic heterocycles. The fraction of sp³-hybridized carbons (Fsp3) is 0.467. The van der Waals surface area contributed by atoms with Gasteiger partial charge in [-0.15, -0.1) is 0 Å². The van der Waals surface area contributed by atoms with Crippen molar-refractivity contribution in [2.75, 3.05) is 20.1 Å². The molecule has 1 N–H and O–H groups in total. The minimum absolute atomic E-state index is 0.0420. The Morgan fingerprint density at radius 2 is 2.10 bits per heavy atom. The van der Waals surface area contributed by atoms with Gasteiger partial charge in [0, 0.05) is 17.6 Å². The van der Waals surface area contributed by atoms with Gasteiger partial charge in [0.05, 0.1) is 17.6 Å². The van der Waals surface area contributed by atoms with E-state index in [1.165, 1.54) is 0 Å². The van der Waals surface area contributed by atoms with Crippen LogP contribution in [-0.2, 0) is 4.79 Å². The second-order valence-electron chi connectivity index (χ2n) is 5.14. The van der Waals surface area contributed by atoms with Crippen molar-refractivity contribution >= 4 is 34.9 Å². The number of likely N-dealkylation sites (tertiary alicyclic amines) is 1. The van der Waals surface area contributed by atoms with Gasteiger partial charge in [0.1, 0.15) is 0 Å². The van der Waals surface area contributed by atoms with Crippen molar-refractivity contribution < 1.29 is 9.59 Å². The van der Waals surface area contributed by atoms with Crippen LogP contribution in [0.15, 0.2) is 18.2 Å². The second kappa shape index (κ2) is 7.25. The molecule has 0 bridgehead atoms. The number of benzene rings is 1.